The molecule has 1 aromatic carbocycles. The third-order valence-electron chi connectivity index (χ3n) is 3.63. The number of anilines is 2. The largest absolute Gasteiger partial charge is 0.399 e. The number of nitrogens with zero attached hydrogens (tertiary/aromatic N) is 1. The molecule has 20 heavy (non-hydrogen) atoms. The number of thioether (sulfide) groups is 1. The molecule has 106 valence electrons. The third-order valence-corrected chi connectivity index (χ3v) is 4.68. The van der Waals surface area contributed by atoms with E-state index >= 15 is 0 Å². The fourth-order valence-electron chi connectivity index (χ4n) is 2.43. The van der Waals surface area contributed by atoms with Crippen molar-refractivity contribution in [1.82, 2.24) is 9.97 Å². The summed E-state index contributed by atoms with van der Waals surface area (Å²) in [5.74, 6) is 3.68. The van der Waals surface area contributed by atoms with Crippen LogP contribution in [0.3, 0.4) is 0 Å². The molecule has 0 spiro atoms. The Morgan fingerprint density at radius 1 is 1.40 bits per heavy atom. The molecule has 0 saturated carbocycles. The van der Waals surface area contributed by atoms with Gasteiger partial charge in [0.05, 0.1) is 10.9 Å². The van der Waals surface area contributed by atoms with Gasteiger partial charge in [-0.1, -0.05) is 0 Å². The topological polar surface area (TPSA) is 83.8 Å². The van der Waals surface area contributed by atoms with Gasteiger partial charge in [-0.3, -0.25) is 9.78 Å². The van der Waals surface area contributed by atoms with E-state index in [1.165, 1.54) is 24.3 Å². The Hall–Kier alpha value is -1.69. The molecule has 6 heteroatoms. The van der Waals surface area contributed by atoms with E-state index < -0.39 is 0 Å². The lowest BCUT2D eigenvalue weighted by molar-refractivity contribution is 0.515. The van der Waals surface area contributed by atoms with E-state index in [9.17, 15) is 4.79 Å². The first-order valence-electron chi connectivity index (χ1n) is 6.83. The van der Waals surface area contributed by atoms with E-state index in [-0.39, 0.29) is 5.56 Å². The number of H-pyrrole nitrogens is 1. The van der Waals surface area contributed by atoms with Crippen molar-refractivity contribution in [2.24, 2.45) is 5.92 Å². The molecule has 4 N–H and O–H groups in total. The number of nitrogens with two attached hydrogens (primary N) is 1. The minimum Gasteiger partial charge on any atom is -0.399 e. The number of hydrogen-bond acceptors (Lipinski definition) is 5. The van der Waals surface area contributed by atoms with Crippen molar-refractivity contribution in [3.63, 3.8) is 0 Å². The fraction of sp³-hybridized carbons (Fsp3) is 0.429. The maximum Gasteiger partial charge on any atom is 0.260 e. The van der Waals surface area contributed by atoms with E-state index in [1.807, 2.05) is 11.8 Å². The molecule has 1 fully saturated rings. The lowest BCUT2D eigenvalue weighted by Gasteiger charge is -2.21. The van der Waals surface area contributed by atoms with Crippen LogP contribution in [0.15, 0.2) is 23.0 Å². The molecule has 5 nitrogen and oxygen atoms in total. The molecule has 0 bridgehead atoms. The summed E-state index contributed by atoms with van der Waals surface area (Å²) in [6.07, 6.45) is 2.46. The molecule has 0 amide bonds. The molecule has 1 aliphatic heterocycles. The molecule has 1 aliphatic rings. The second kappa shape index (κ2) is 5.75. The maximum absolute atomic E-state index is 12.0. The monoisotopic (exact) mass is 290 g/mol. The maximum atomic E-state index is 12.0. The number of hydrogen-bond donors (Lipinski definition) is 3. The summed E-state index contributed by atoms with van der Waals surface area (Å²) in [7, 11) is 0. The van der Waals surface area contributed by atoms with Crippen LogP contribution >= 0.6 is 11.8 Å². The average Bonchev–Trinajstić information content (AvgIpc) is 2.47. The lowest BCUT2D eigenvalue weighted by atomic mass is 10.0. The first kappa shape index (κ1) is 13.3. The Morgan fingerprint density at radius 2 is 2.20 bits per heavy atom. The molecular formula is C14H18N4OS. The van der Waals surface area contributed by atoms with Crippen molar-refractivity contribution in [3.05, 3.63) is 28.6 Å². The summed E-state index contributed by atoms with van der Waals surface area (Å²) < 4.78 is 0. The van der Waals surface area contributed by atoms with Crippen LogP contribution in [-0.4, -0.2) is 28.0 Å². The van der Waals surface area contributed by atoms with Crippen LogP contribution in [0.4, 0.5) is 11.6 Å². The Bertz CT molecular complexity index is 664. The van der Waals surface area contributed by atoms with Gasteiger partial charge in [0.25, 0.3) is 5.56 Å². The average molecular weight is 290 g/mol. The van der Waals surface area contributed by atoms with Crippen LogP contribution in [0.1, 0.15) is 12.8 Å². The molecule has 0 atom stereocenters. The molecule has 0 unspecified atom stereocenters. The van der Waals surface area contributed by atoms with E-state index in [1.54, 1.807) is 18.2 Å². The van der Waals surface area contributed by atoms with Crippen molar-refractivity contribution in [3.8, 4) is 0 Å². The van der Waals surface area contributed by atoms with Crippen LogP contribution < -0.4 is 16.6 Å². The highest BCUT2D eigenvalue weighted by atomic mass is 32.2. The van der Waals surface area contributed by atoms with E-state index in [0.717, 1.165) is 6.54 Å². The quantitative estimate of drug-likeness (QED) is 0.754. The van der Waals surface area contributed by atoms with Gasteiger partial charge in [0.1, 0.15) is 0 Å². The molecule has 3 rings (SSSR count). The van der Waals surface area contributed by atoms with Gasteiger partial charge in [0.2, 0.25) is 5.95 Å². The summed E-state index contributed by atoms with van der Waals surface area (Å²) >= 11 is 2.01. The van der Waals surface area contributed by atoms with Gasteiger partial charge in [-0.05, 0) is 48.5 Å². The number of fused-ring (bicyclic) bond motifs is 1. The lowest BCUT2D eigenvalue weighted by Crippen LogP contribution is -2.21. The van der Waals surface area contributed by atoms with Gasteiger partial charge >= 0.3 is 0 Å². The highest BCUT2D eigenvalue weighted by molar-refractivity contribution is 7.99. The van der Waals surface area contributed by atoms with Crippen LogP contribution in [-0.2, 0) is 0 Å². The smallest absolute Gasteiger partial charge is 0.260 e. The first-order valence-corrected chi connectivity index (χ1v) is 7.99. The van der Waals surface area contributed by atoms with Gasteiger partial charge < -0.3 is 11.1 Å². The van der Waals surface area contributed by atoms with Crippen molar-refractivity contribution in [1.29, 1.82) is 0 Å². The highest BCUT2D eigenvalue weighted by Crippen LogP contribution is 2.22. The van der Waals surface area contributed by atoms with E-state index in [2.05, 4.69) is 15.3 Å². The summed E-state index contributed by atoms with van der Waals surface area (Å²) in [4.78, 5) is 19.2. The van der Waals surface area contributed by atoms with Crippen LogP contribution in [0, 0.1) is 5.92 Å². The zero-order chi connectivity index (χ0) is 13.9. The van der Waals surface area contributed by atoms with Crippen molar-refractivity contribution in [2.75, 3.05) is 29.1 Å². The van der Waals surface area contributed by atoms with Gasteiger partial charge in [0, 0.05) is 12.2 Å². The fourth-order valence-corrected chi connectivity index (χ4v) is 3.64. The number of nitrogens with one attached hydrogen (secondary N) is 2. The van der Waals surface area contributed by atoms with E-state index in [0.29, 0.717) is 28.5 Å². The summed E-state index contributed by atoms with van der Waals surface area (Å²) in [6, 6.07) is 5.20. The molecule has 2 heterocycles. The number of nitrogen functional groups attached to an aromatic ring is 1. The molecule has 1 aromatic heterocycles. The molecule has 2 aromatic rings. The van der Waals surface area contributed by atoms with Crippen LogP contribution in [0.25, 0.3) is 10.9 Å². The van der Waals surface area contributed by atoms with Crippen LogP contribution in [0.5, 0.6) is 0 Å². The zero-order valence-corrected chi connectivity index (χ0v) is 12.0. The van der Waals surface area contributed by atoms with Crippen LogP contribution in [0.2, 0.25) is 0 Å². The first-order chi connectivity index (χ1) is 9.72. The van der Waals surface area contributed by atoms with E-state index in [4.69, 9.17) is 5.73 Å². The Labute approximate surface area is 121 Å². The standard InChI is InChI=1S/C14H18N4OS/c15-10-1-2-12-11(7-10)13(19)18-14(17-12)16-8-9-3-5-20-6-4-9/h1-2,7,9H,3-6,8,15H2,(H2,16,17,18,19). The normalized spacial score (nSPS) is 16.4. The third kappa shape index (κ3) is 2.90. The number of aromatic nitrogens is 2. The van der Waals surface area contributed by atoms with Crippen molar-refractivity contribution >= 4 is 34.3 Å². The summed E-state index contributed by atoms with van der Waals surface area (Å²) in [5, 5.41) is 3.79. The number of benzene rings is 1. The second-order valence-electron chi connectivity index (χ2n) is 5.13. The van der Waals surface area contributed by atoms with Crippen molar-refractivity contribution < 1.29 is 0 Å². The molecular weight excluding hydrogens is 272 g/mol. The SMILES string of the molecule is Nc1ccc2nc(NCC3CCSCC3)[nH]c(=O)c2c1. The molecule has 0 radical (unpaired) electrons. The number of aromatic amines is 1. The Kier molecular flexibility index (Phi) is 3.82. The highest BCUT2D eigenvalue weighted by Gasteiger charge is 2.14. The van der Waals surface area contributed by atoms with Gasteiger partial charge in [-0.25, -0.2) is 4.98 Å². The van der Waals surface area contributed by atoms with Gasteiger partial charge in [-0.15, -0.1) is 0 Å². The summed E-state index contributed by atoms with van der Waals surface area (Å²) in [6.45, 7) is 0.865. The number of rotatable bonds is 3. The Morgan fingerprint density at radius 3 is 3.00 bits per heavy atom. The van der Waals surface area contributed by atoms with Crippen molar-refractivity contribution in [2.45, 2.75) is 12.8 Å². The zero-order valence-electron chi connectivity index (χ0n) is 11.2. The van der Waals surface area contributed by atoms with Gasteiger partial charge in [-0.2, -0.15) is 11.8 Å². The van der Waals surface area contributed by atoms with Gasteiger partial charge in [0.15, 0.2) is 0 Å². The summed E-state index contributed by atoms with van der Waals surface area (Å²) in [5.41, 5.74) is 6.79. The molecule has 1 saturated heterocycles. The minimum atomic E-state index is -0.149. The predicted octanol–water partition coefficient (Wildman–Crippen LogP) is 2.06. The second-order valence-corrected chi connectivity index (χ2v) is 6.35. The predicted molar refractivity (Wildman–Crippen MR) is 85.3 cm³/mol. The Balaban J connectivity index is 1.78. The minimum absolute atomic E-state index is 0.149. The molecule has 0 aliphatic carbocycles.